The Kier molecular flexibility index (Phi) is 6.91. The highest BCUT2D eigenvalue weighted by Gasteiger charge is 2.08. The molecule has 0 aliphatic carbocycles. The van der Waals surface area contributed by atoms with Crippen molar-refractivity contribution in [3.8, 4) is 0 Å². The number of nitrogens with one attached hydrogen (secondary N) is 3. The number of carbonyl (C=O) groups excluding carboxylic acids is 1. The third kappa shape index (κ3) is 5.93. The van der Waals surface area contributed by atoms with Crippen molar-refractivity contribution >= 4 is 28.9 Å². The van der Waals surface area contributed by atoms with Gasteiger partial charge in [-0.25, -0.2) is 0 Å². The SMILES string of the molecule is CNCCCC(=O)Nc1cc(Cl)ccc1NCc1ccccc1. The highest BCUT2D eigenvalue weighted by molar-refractivity contribution is 6.31. The summed E-state index contributed by atoms with van der Waals surface area (Å²) in [5.41, 5.74) is 2.75. The van der Waals surface area contributed by atoms with Gasteiger partial charge < -0.3 is 16.0 Å². The Labute approximate surface area is 142 Å². The van der Waals surface area contributed by atoms with Crippen molar-refractivity contribution in [3.63, 3.8) is 0 Å². The molecule has 0 aliphatic heterocycles. The van der Waals surface area contributed by atoms with Crippen LogP contribution in [0.2, 0.25) is 5.02 Å². The molecule has 0 atom stereocenters. The molecule has 0 bridgehead atoms. The molecule has 5 heteroatoms. The zero-order chi connectivity index (χ0) is 16.5. The van der Waals surface area contributed by atoms with Crippen LogP contribution in [0.25, 0.3) is 0 Å². The van der Waals surface area contributed by atoms with Crippen molar-refractivity contribution in [2.24, 2.45) is 0 Å². The molecule has 0 radical (unpaired) electrons. The van der Waals surface area contributed by atoms with Crippen LogP contribution in [0.15, 0.2) is 48.5 Å². The molecule has 23 heavy (non-hydrogen) atoms. The summed E-state index contributed by atoms with van der Waals surface area (Å²) in [6.45, 7) is 1.51. The van der Waals surface area contributed by atoms with E-state index in [1.807, 2.05) is 37.4 Å². The quantitative estimate of drug-likeness (QED) is 0.643. The lowest BCUT2D eigenvalue weighted by molar-refractivity contribution is -0.116. The highest BCUT2D eigenvalue weighted by Crippen LogP contribution is 2.26. The van der Waals surface area contributed by atoms with Gasteiger partial charge in [-0.05, 0) is 43.8 Å². The second kappa shape index (κ2) is 9.18. The summed E-state index contributed by atoms with van der Waals surface area (Å²) >= 11 is 6.06. The van der Waals surface area contributed by atoms with Gasteiger partial charge >= 0.3 is 0 Å². The molecule has 0 aromatic heterocycles. The molecule has 0 saturated heterocycles. The van der Waals surface area contributed by atoms with Crippen LogP contribution >= 0.6 is 11.6 Å². The lowest BCUT2D eigenvalue weighted by Crippen LogP contribution is -2.16. The lowest BCUT2D eigenvalue weighted by atomic mass is 10.2. The van der Waals surface area contributed by atoms with Crippen molar-refractivity contribution in [2.45, 2.75) is 19.4 Å². The van der Waals surface area contributed by atoms with Crippen LogP contribution in [0.3, 0.4) is 0 Å². The molecule has 0 fully saturated rings. The second-order valence-electron chi connectivity index (χ2n) is 5.28. The van der Waals surface area contributed by atoms with E-state index >= 15 is 0 Å². The van der Waals surface area contributed by atoms with Gasteiger partial charge in [-0.2, -0.15) is 0 Å². The minimum absolute atomic E-state index is 0.00900. The number of anilines is 2. The summed E-state index contributed by atoms with van der Waals surface area (Å²) in [5, 5.41) is 9.91. The Bertz CT molecular complexity index is 631. The number of hydrogen-bond acceptors (Lipinski definition) is 3. The first kappa shape index (κ1) is 17.3. The number of carbonyl (C=O) groups is 1. The fraction of sp³-hybridized carbons (Fsp3) is 0.278. The smallest absolute Gasteiger partial charge is 0.224 e. The zero-order valence-corrected chi connectivity index (χ0v) is 14.0. The van der Waals surface area contributed by atoms with E-state index in [0.29, 0.717) is 23.7 Å². The van der Waals surface area contributed by atoms with Crippen molar-refractivity contribution in [1.29, 1.82) is 0 Å². The van der Waals surface area contributed by atoms with Gasteiger partial charge in [0, 0.05) is 18.0 Å². The lowest BCUT2D eigenvalue weighted by Gasteiger charge is -2.14. The summed E-state index contributed by atoms with van der Waals surface area (Å²) in [4.78, 5) is 12.0. The van der Waals surface area contributed by atoms with Gasteiger partial charge in [-0.15, -0.1) is 0 Å². The Hall–Kier alpha value is -2.04. The summed E-state index contributed by atoms with van der Waals surface area (Å²) < 4.78 is 0. The number of rotatable bonds is 8. The van der Waals surface area contributed by atoms with Crippen LogP contribution in [-0.2, 0) is 11.3 Å². The maximum absolute atomic E-state index is 12.0. The summed E-state index contributed by atoms with van der Waals surface area (Å²) in [5.74, 6) is -0.00900. The topological polar surface area (TPSA) is 53.2 Å². The van der Waals surface area contributed by atoms with Crippen LogP contribution in [-0.4, -0.2) is 19.5 Å². The van der Waals surface area contributed by atoms with Gasteiger partial charge in [-0.3, -0.25) is 4.79 Å². The van der Waals surface area contributed by atoms with Crippen LogP contribution in [0.1, 0.15) is 18.4 Å². The van der Waals surface area contributed by atoms with Gasteiger partial charge in [0.1, 0.15) is 0 Å². The standard InChI is InChI=1S/C18H22ClN3O/c1-20-11-5-8-18(23)22-17-12-15(19)9-10-16(17)21-13-14-6-3-2-4-7-14/h2-4,6-7,9-10,12,20-21H,5,8,11,13H2,1H3,(H,22,23). The average molecular weight is 332 g/mol. The molecule has 0 unspecified atom stereocenters. The first-order valence-corrected chi connectivity index (χ1v) is 8.08. The predicted molar refractivity (Wildman–Crippen MR) is 97.0 cm³/mol. The molecule has 2 aromatic carbocycles. The van der Waals surface area contributed by atoms with Crippen molar-refractivity contribution in [3.05, 3.63) is 59.1 Å². The average Bonchev–Trinajstić information content (AvgIpc) is 2.55. The number of hydrogen-bond donors (Lipinski definition) is 3. The zero-order valence-electron chi connectivity index (χ0n) is 13.2. The Morgan fingerprint density at radius 2 is 1.87 bits per heavy atom. The molecule has 0 saturated carbocycles. The van der Waals surface area contributed by atoms with Crippen LogP contribution in [0.5, 0.6) is 0 Å². The first-order chi connectivity index (χ1) is 11.2. The summed E-state index contributed by atoms with van der Waals surface area (Å²) in [6.07, 6.45) is 1.28. The van der Waals surface area contributed by atoms with E-state index in [4.69, 9.17) is 11.6 Å². The maximum atomic E-state index is 12.0. The van der Waals surface area contributed by atoms with Gasteiger partial charge in [-0.1, -0.05) is 41.9 Å². The molecule has 2 rings (SSSR count). The van der Waals surface area contributed by atoms with Crippen molar-refractivity contribution in [2.75, 3.05) is 24.2 Å². The van der Waals surface area contributed by atoms with E-state index in [2.05, 4.69) is 28.1 Å². The van der Waals surface area contributed by atoms with Crippen molar-refractivity contribution < 1.29 is 4.79 Å². The number of halogens is 1. The van der Waals surface area contributed by atoms with Crippen LogP contribution in [0.4, 0.5) is 11.4 Å². The van der Waals surface area contributed by atoms with Crippen molar-refractivity contribution in [1.82, 2.24) is 5.32 Å². The van der Waals surface area contributed by atoms with Gasteiger partial charge in [0.05, 0.1) is 11.4 Å². The van der Waals surface area contributed by atoms with E-state index < -0.39 is 0 Å². The van der Waals surface area contributed by atoms with E-state index in [1.54, 1.807) is 6.07 Å². The monoisotopic (exact) mass is 331 g/mol. The minimum Gasteiger partial charge on any atom is -0.379 e. The van der Waals surface area contributed by atoms with Gasteiger partial charge in [0.15, 0.2) is 0 Å². The molecule has 4 nitrogen and oxygen atoms in total. The molecule has 0 heterocycles. The second-order valence-corrected chi connectivity index (χ2v) is 5.72. The van der Waals surface area contributed by atoms with Gasteiger partial charge in [0.2, 0.25) is 5.91 Å². The Balaban J connectivity index is 2.00. The minimum atomic E-state index is -0.00900. The molecule has 1 amide bonds. The fourth-order valence-electron chi connectivity index (χ4n) is 2.21. The predicted octanol–water partition coefficient (Wildman–Crippen LogP) is 3.89. The molecule has 3 N–H and O–H groups in total. The molecule has 122 valence electrons. The number of amides is 1. The Morgan fingerprint density at radius 1 is 1.09 bits per heavy atom. The Morgan fingerprint density at radius 3 is 2.61 bits per heavy atom. The third-order valence-corrected chi connectivity index (χ3v) is 3.65. The van der Waals surface area contributed by atoms with E-state index in [9.17, 15) is 4.79 Å². The largest absolute Gasteiger partial charge is 0.379 e. The van der Waals surface area contributed by atoms with Crippen LogP contribution < -0.4 is 16.0 Å². The van der Waals surface area contributed by atoms with E-state index in [0.717, 1.165) is 18.7 Å². The highest BCUT2D eigenvalue weighted by atomic mass is 35.5. The fourth-order valence-corrected chi connectivity index (χ4v) is 2.38. The molecule has 2 aromatic rings. The summed E-state index contributed by atoms with van der Waals surface area (Å²) in [7, 11) is 1.88. The van der Waals surface area contributed by atoms with E-state index in [1.165, 1.54) is 5.56 Å². The normalized spacial score (nSPS) is 10.3. The molecule has 0 spiro atoms. The van der Waals surface area contributed by atoms with E-state index in [-0.39, 0.29) is 5.91 Å². The third-order valence-electron chi connectivity index (χ3n) is 3.41. The first-order valence-electron chi connectivity index (χ1n) is 7.71. The van der Waals surface area contributed by atoms with Gasteiger partial charge in [0.25, 0.3) is 0 Å². The maximum Gasteiger partial charge on any atom is 0.224 e. The number of benzene rings is 2. The van der Waals surface area contributed by atoms with Crippen LogP contribution in [0, 0.1) is 0 Å². The molecular weight excluding hydrogens is 310 g/mol. The summed E-state index contributed by atoms with van der Waals surface area (Å²) in [6, 6.07) is 15.6. The molecular formula is C18H22ClN3O. The molecule has 0 aliphatic rings.